The summed E-state index contributed by atoms with van der Waals surface area (Å²) in [4.78, 5) is 37.3. The highest BCUT2D eigenvalue weighted by Gasteiger charge is 2.14. The average molecular weight is 547 g/mol. The molecule has 1 N–H and O–H groups in total. The first-order valence-electron chi connectivity index (χ1n) is 12.1. The van der Waals surface area contributed by atoms with Gasteiger partial charge in [-0.3, -0.25) is 14.3 Å². The molecule has 0 spiro atoms. The Morgan fingerprint density at radius 1 is 0.950 bits per heavy atom. The molecule has 202 valence electrons. The highest BCUT2D eigenvalue weighted by Crippen LogP contribution is 2.22. The Morgan fingerprint density at radius 2 is 1.73 bits per heavy atom. The van der Waals surface area contributed by atoms with Gasteiger partial charge in [0.2, 0.25) is 0 Å². The number of benzene rings is 2. The van der Waals surface area contributed by atoms with Crippen molar-refractivity contribution in [3.05, 3.63) is 113 Å². The van der Waals surface area contributed by atoms with Crippen molar-refractivity contribution in [2.75, 3.05) is 6.54 Å². The number of amides is 1. The predicted molar refractivity (Wildman–Crippen MR) is 137 cm³/mol. The van der Waals surface area contributed by atoms with E-state index in [1.54, 1.807) is 35.3 Å². The standard InChI is InChI=1S/C27H21F3N8O2/c28-21-10-19(11-22(29)25(21)30)23-5-6-24(39)38(36-23)14-17-3-1-4-18(9-17)26-33-12-20(13-34-26)27(40)32-7-2-8-37-16-31-15-35-37/h1,3-6,9-13,15-16H,2,7-8,14H2,(H,32,40). The van der Waals surface area contributed by atoms with Crippen LogP contribution in [0.3, 0.4) is 0 Å². The summed E-state index contributed by atoms with van der Waals surface area (Å²) in [6.45, 7) is 1.12. The van der Waals surface area contributed by atoms with Gasteiger partial charge in [-0.25, -0.2) is 32.8 Å². The summed E-state index contributed by atoms with van der Waals surface area (Å²) in [5.74, 6) is -4.21. The summed E-state index contributed by atoms with van der Waals surface area (Å²) < 4.78 is 43.5. The van der Waals surface area contributed by atoms with Gasteiger partial charge in [-0.05, 0) is 36.2 Å². The number of nitrogens with one attached hydrogen (secondary N) is 1. The quantitative estimate of drug-likeness (QED) is 0.223. The van der Waals surface area contributed by atoms with Gasteiger partial charge in [0.1, 0.15) is 12.7 Å². The molecule has 0 atom stereocenters. The van der Waals surface area contributed by atoms with Crippen LogP contribution < -0.4 is 10.9 Å². The number of carbonyl (C=O) groups excluding carboxylic acids is 1. The monoisotopic (exact) mass is 546 g/mol. The van der Waals surface area contributed by atoms with Crippen LogP contribution in [-0.4, -0.2) is 47.0 Å². The first-order chi connectivity index (χ1) is 19.4. The molecule has 2 aromatic carbocycles. The van der Waals surface area contributed by atoms with Crippen LogP contribution in [0.5, 0.6) is 0 Å². The normalized spacial score (nSPS) is 11.0. The maximum Gasteiger partial charge on any atom is 0.267 e. The van der Waals surface area contributed by atoms with Crippen molar-refractivity contribution < 1.29 is 18.0 Å². The van der Waals surface area contributed by atoms with E-state index in [0.717, 1.165) is 16.8 Å². The average Bonchev–Trinajstić information content (AvgIpc) is 3.49. The molecule has 0 unspecified atom stereocenters. The van der Waals surface area contributed by atoms with E-state index in [2.05, 4.69) is 30.5 Å². The largest absolute Gasteiger partial charge is 0.352 e. The van der Waals surface area contributed by atoms with Crippen LogP contribution in [0.25, 0.3) is 22.6 Å². The minimum atomic E-state index is -1.58. The molecule has 0 fully saturated rings. The molecular formula is C27H21F3N8O2. The number of carbonyl (C=O) groups is 1. The Labute approximate surface area is 225 Å². The van der Waals surface area contributed by atoms with Crippen LogP contribution in [0.15, 0.2) is 78.4 Å². The molecule has 0 aliphatic heterocycles. The van der Waals surface area contributed by atoms with E-state index in [1.807, 2.05) is 0 Å². The molecule has 1 amide bonds. The molecule has 13 heteroatoms. The second kappa shape index (κ2) is 11.7. The highest BCUT2D eigenvalue weighted by molar-refractivity contribution is 5.93. The van der Waals surface area contributed by atoms with Crippen molar-refractivity contribution in [1.29, 1.82) is 0 Å². The molecule has 3 heterocycles. The van der Waals surface area contributed by atoms with Gasteiger partial charge in [0.05, 0.1) is 17.8 Å². The summed E-state index contributed by atoms with van der Waals surface area (Å²) in [5, 5.41) is 11.0. The van der Waals surface area contributed by atoms with Crippen molar-refractivity contribution in [3.63, 3.8) is 0 Å². The van der Waals surface area contributed by atoms with Crippen molar-refractivity contribution in [3.8, 4) is 22.6 Å². The summed E-state index contributed by atoms with van der Waals surface area (Å²) in [6, 6.07) is 11.2. The third kappa shape index (κ3) is 6.09. The van der Waals surface area contributed by atoms with Crippen LogP contribution in [0.4, 0.5) is 13.2 Å². The van der Waals surface area contributed by atoms with Crippen LogP contribution in [0.2, 0.25) is 0 Å². The van der Waals surface area contributed by atoms with E-state index in [9.17, 15) is 22.8 Å². The predicted octanol–water partition coefficient (Wildman–Crippen LogP) is 3.24. The van der Waals surface area contributed by atoms with E-state index in [4.69, 9.17) is 0 Å². The lowest BCUT2D eigenvalue weighted by Crippen LogP contribution is -2.25. The number of hydrogen-bond donors (Lipinski definition) is 1. The Balaban J connectivity index is 1.26. The molecule has 0 aliphatic carbocycles. The molecule has 5 aromatic rings. The Kier molecular flexibility index (Phi) is 7.71. The number of rotatable bonds is 9. The minimum Gasteiger partial charge on any atom is -0.352 e. The fourth-order valence-corrected chi connectivity index (χ4v) is 3.89. The molecule has 10 nitrogen and oxygen atoms in total. The van der Waals surface area contributed by atoms with E-state index >= 15 is 0 Å². The maximum atomic E-state index is 13.7. The van der Waals surface area contributed by atoms with Gasteiger partial charge in [0.15, 0.2) is 23.3 Å². The number of aryl methyl sites for hydroxylation is 1. The lowest BCUT2D eigenvalue weighted by atomic mass is 10.1. The van der Waals surface area contributed by atoms with Gasteiger partial charge in [-0.2, -0.15) is 10.2 Å². The fraction of sp³-hybridized carbons (Fsp3) is 0.148. The lowest BCUT2D eigenvalue weighted by Gasteiger charge is -2.09. The third-order valence-electron chi connectivity index (χ3n) is 5.89. The number of aromatic nitrogens is 7. The Bertz CT molecular complexity index is 1680. The highest BCUT2D eigenvalue weighted by atomic mass is 19.2. The zero-order valence-corrected chi connectivity index (χ0v) is 20.8. The molecule has 5 rings (SSSR count). The molecule has 0 bridgehead atoms. The maximum absolute atomic E-state index is 13.7. The number of halogens is 3. The van der Waals surface area contributed by atoms with Crippen molar-refractivity contribution in [2.24, 2.45) is 0 Å². The van der Waals surface area contributed by atoms with Crippen LogP contribution in [0, 0.1) is 17.5 Å². The van der Waals surface area contributed by atoms with Gasteiger partial charge in [-0.15, -0.1) is 0 Å². The van der Waals surface area contributed by atoms with Gasteiger partial charge in [-0.1, -0.05) is 18.2 Å². The summed E-state index contributed by atoms with van der Waals surface area (Å²) in [5.41, 5.74) is 1.28. The third-order valence-corrected chi connectivity index (χ3v) is 5.89. The van der Waals surface area contributed by atoms with Crippen LogP contribution in [0.1, 0.15) is 22.3 Å². The smallest absolute Gasteiger partial charge is 0.267 e. The summed E-state index contributed by atoms with van der Waals surface area (Å²) in [7, 11) is 0. The van der Waals surface area contributed by atoms with Crippen molar-refractivity contribution in [2.45, 2.75) is 19.5 Å². The zero-order valence-electron chi connectivity index (χ0n) is 20.8. The van der Waals surface area contributed by atoms with Gasteiger partial charge >= 0.3 is 0 Å². The van der Waals surface area contributed by atoms with Crippen molar-refractivity contribution in [1.82, 2.24) is 39.8 Å². The second-order valence-corrected chi connectivity index (χ2v) is 8.73. The topological polar surface area (TPSA) is 120 Å². The number of nitrogens with zero attached hydrogens (tertiary/aromatic N) is 7. The molecule has 40 heavy (non-hydrogen) atoms. The minimum absolute atomic E-state index is 0.00775. The van der Waals surface area contributed by atoms with E-state index in [-0.39, 0.29) is 23.7 Å². The Morgan fingerprint density at radius 3 is 2.45 bits per heavy atom. The zero-order chi connectivity index (χ0) is 28.1. The van der Waals surface area contributed by atoms with Crippen molar-refractivity contribution >= 4 is 5.91 Å². The van der Waals surface area contributed by atoms with E-state index in [1.165, 1.54) is 30.9 Å². The fourth-order valence-electron chi connectivity index (χ4n) is 3.89. The lowest BCUT2D eigenvalue weighted by molar-refractivity contribution is 0.0952. The molecule has 0 radical (unpaired) electrons. The summed E-state index contributed by atoms with van der Waals surface area (Å²) >= 11 is 0. The van der Waals surface area contributed by atoms with Gasteiger partial charge < -0.3 is 5.32 Å². The first-order valence-corrected chi connectivity index (χ1v) is 12.1. The molecule has 0 saturated carbocycles. The summed E-state index contributed by atoms with van der Waals surface area (Å²) in [6.07, 6.45) is 6.59. The van der Waals surface area contributed by atoms with Gasteiger partial charge in [0.25, 0.3) is 11.5 Å². The Hall–Kier alpha value is -5.20. The molecule has 3 aromatic heterocycles. The van der Waals surface area contributed by atoms with Gasteiger partial charge in [0, 0.05) is 42.7 Å². The van der Waals surface area contributed by atoms with Crippen LogP contribution in [-0.2, 0) is 13.1 Å². The number of hydrogen-bond acceptors (Lipinski definition) is 7. The molecule has 0 saturated heterocycles. The molecule has 0 aliphatic rings. The second-order valence-electron chi connectivity index (χ2n) is 8.73. The van der Waals surface area contributed by atoms with Crippen LogP contribution >= 0.6 is 0 Å². The van der Waals surface area contributed by atoms with E-state index in [0.29, 0.717) is 42.0 Å². The molecular weight excluding hydrogens is 525 g/mol. The SMILES string of the molecule is O=C(NCCCn1cncn1)c1cnc(-c2cccc(Cn3nc(-c4cc(F)c(F)c(F)c4)ccc3=O)c2)nc1. The van der Waals surface area contributed by atoms with E-state index < -0.39 is 23.0 Å². The first kappa shape index (κ1) is 26.4.